The summed E-state index contributed by atoms with van der Waals surface area (Å²) in [4.78, 5) is 11.8. The number of nitrogens with two attached hydrogens (primary N) is 1. The number of anilines is 1. The Morgan fingerprint density at radius 1 is 1.56 bits per heavy atom. The SMILES string of the molecule is CC(C)OCC(=O)Nc1cc(C(N)=S)ccc1Cl. The van der Waals surface area contributed by atoms with Crippen LogP contribution in [0, 0.1) is 0 Å². The van der Waals surface area contributed by atoms with Gasteiger partial charge in [-0.2, -0.15) is 0 Å². The molecule has 0 bridgehead atoms. The molecule has 0 saturated heterocycles. The Bertz CT molecular complexity index is 463. The van der Waals surface area contributed by atoms with Crippen LogP contribution in [0.1, 0.15) is 19.4 Å². The standard InChI is InChI=1S/C12H15ClN2O2S/c1-7(2)17-6-11(16)15-10-5-8(12(14)18)3-4-9(10)13/h3-5,7H,6H2,1-2H3,(H2,14,18)(H,15,16). The van der Waals surface area contributed by atoms with Gasteiger partial charge in [-0.15, -0.1) is 0 Å². The van der Waals surface area contributed by atoms with E-state index in [1.807, 2.05) is 13.8 Å². The summed E-state index contributed by atoms with van der Waals surface area (Å²) in [6.07, 6.45) is -0.00539. The van der Waals surface area contributed by atoms with Crippen molar-refractivity contribution in [3.8, 4) is 0 Å². The van der Waals surface area contributed by atoms with Crippen LogP contribution < -0.4 is 11.1 Å². The molecule has 0 unspecified atom stereocenters. The van der Waals surface area contributed by atoms with Crippen LogP contribution in [-0.2, 0) is 9.53 Å². The summed E-state index contributed by atoms with van der Waals surface area (Å²) in [5.41, 5.74) is 6.63. The second kappa shape index (κ2) is 6.68. The van der Waals surface area contributed by atoms with Crippen molar-refractivity contribution in [3.63, 3.8) is 0 Å². The zero-order valence-electron chi connectivity index (χ0n) is 10.2. The molecule has 1 rings (SSSR count). The number of ether oxygens (including phenoxy) is 1. The first kappa shape index (κ1) is 14.9. The Balaban J connectivity index is 2.74. The molecular formula is C12H15ClN2O2S. The number of amides is 1. The lowest BCUT2D eigenvalue weighted by Crippen LogP contribution is -2.21. The molecule has 0 saturated carbocycles. The van der Waals surface area contributed by atoms with Crippen LogP contribution >= 0.6 is 23.8 Å². The molecule has 98 valence electrons. The highest BCUT2D eigenvalue weighted by Crippen LogP contribution is 2.23. The fraction of sp³-hybridized carbons (Fsp3) is 0.333. The average molecular weight is 287 g/mol. The van der Waals surface area contributed by atoms with Gasteiger partial charge in [0.25, 0.3) is 0 Å². The Kier molecular flexibility index (Phi) is 5.53. The number of halogens is 1. The maximum absolute atomic E-state index is 11.6. The van der Waals surface area contributed by atoms with Gasteiger partial charge in [0.2, 0.25) is 5.91 Å². The monoisotopic (exact) mass is 286 g/mol. The van der Waals surface area contributed by atoms with Gasteiger partial charge in [0.1, 0.15) is 11.6 Å². The maximum Gasteiger partial charge on any atom is 0.250 e. The molecule has 0 aromatic heterocycles. The number of hydrogen-bond donors (Lipinski definition) is 2. The molecule has 1 amide bonds. The molecule has 1 aromatic carbocycles. The first-order valence-electron chi connectivity index (χ1n) is 5.41. The minimum absolute atomic E-state index is 0.00539. The molecule has 0 radical (unpaired) electrons. The Morgan fingerprint density at radius 2 is 2.22 bits per heavy atom. The van der Waals surface area contributed by atoms with E-state index in [-0.39, 0.29) is 23.6 Å². The summed E-state index contributed by atoms with van der Waals surface area (Å²) in [6.45, 7) is 3.69. The fourth-order valence-corrected chi connectivity index (χ4v) is 1.49. The van der Waals surface area contributed by atoms with Crippen LogP contribution in [-0.4, -0.2) is 23.6 Å². The zero-order valence-corrected chi connectivity index (χ0v) is 11.8. The lowest BCUT2D eigenvalue weighted by molar-refractivity contribution is -0.121. The van der Waals surface area contributed by atoms with Gasteiger partial charge < -0.3 is 15.8 Å². The van der Waals surface area contributed by atoms with E-state index in [0.717, 1.165) is 0 Å². The average Bonchev–Trinajstić information content (AvgIpc) is 2.29. The predicted octanol–water partition coefficient (Wildman–Crippen LogP) is 2.34. The minimum atomic E-state index is -0.273. The Labute approximate surface area is 116 Å². The molecule has 1 aromatic rings. The van der Waals surface area contributed by atoms with Gasteiger partial charge in [-0.05, 0) is 26.0 Å². The molecule has 6 heteroatoms. The topological polar surface area (TPSA) is 64.3 Å². The quantitative estimate of drug-likeness (QED) is 0.816. The molecule has 0 fully saturated rings. The van der Waals surface area contributed by atoms with Crippen LogP contribution in [0.15, 0.2) is 18.2 Å². The summed E-state index contributed by atoms with van der Waals surface area (Å²) >= 11 is 10.8. The highest BCUT2D eigenvalue weighted by Gasteiger charge is 2.08. The molecule has 0 spiro atoms. The van der Waals surface area contributed by atoms with E-state index >= 15 is 0 Å². The second-order valence-corrected chi connectivity index (χ2v) is 4.81. The Morgan fingerprint density at radius 3 is 2.78 bits per heavy atom. The molecular weight excluding hydrogens is 272 g/mol. The second-order valence-electron chi connectivity index (χ2n) is 3.97. The molecule has 0 atom stereocenters. The number of carbonyl (C=O) groups excluding carboxylic acids is 1. The summed E-state index contributed by atoms with van der Waals surface area (Å²) in [5, 5.41) is 3.07. The number of rotatable bonds is 5. The minimum Gasteiger partial charge on any atom is -0.389 e. The smallest absolute Gasteiger partial charge is 0.250 e. The van der Waals surface area contributed by atoms with E-state index < -0.39 is 0 Å². The predicted molar refractivity (Wildman–Crippen MR) is 77.1 cm³/mol. The summed E-state index contributed by atoms with van der Waals surface area (Å²) in [6, 6.07) is 4.97. The summed E-state index contributed by atoms with van der Waals surface area (Å²) in [7, 11) is 0. The van der Waals surface area contributed by atoms with Gasteiger partial charge >= 0.3 is 0 Å². The van der Waals surface area contributed by atoms with Crippen LogP contribution in [0.5, 0.6) is 0 Å². The van der Waals surface area contributed by atoms with E-state index in [0.29, 0.717) is 16.3 Å². The van der Waals surface area contributed by atoms with Crippen molar-refractivity contribution < 1.29 is 9.53 Å². The molecule has 0 aliphatic heterocycles. The number of thiocarbonyl (C=S) groups is 1. The molecule has 3 N–H and O–H groups in total. The normalized spacial score (nSPS) is 10.4. The summed E-state index contributed by atoms with van der Waals surface area (Å²) in [5.74, 6) is -0.273. The first-order chi connectivity index (χ1) is 8.40. The van der Waals surface area contributed by atoms with Crippen molar-refractivity contribution in [2.45, 2.75) is 20.0 Å². The van der Waals surface area contributed by atoms with E-state index in [1.54, 1.807) is 18.2 Å². The molecule has 0 aliphatic rings. The molecule has 18 heavy (non-hydrogen) atoms. The maximum atomic E-state index is 11.6. The lowest BCUT2D eigenvalue weighted by Gasteiger charge is -2.10. The number of nitrogens with one attached hydrogen (secondary N) is 1. The highest BCUT2D eigenvalue weighted by atomic mass is 35.5. The fourth-order valence-electron chi connectivity index (χ4n) is 1.20. The molecule has 0 aliphatic carbocycles. The first-order valence-corrected chi connectivity index (χ1v) is 6.19. The third-order valence-electron chi connectivity index (χ3n) is 2.07. The molecule has 0 heterocycles. The van der Waals surface area contributed by atoms with Crippen molar-refractivity contribution in [1.29, 1.82) is 0 Å². The van der Waals surface area contributed by atoms with Gasteiger partial charge in [-0.1, -0.05) is 29.9 Å². The third kappa shape index (κ3) is 4.60. The van der Waals surface area contributed by atoms with Crippen LogP contribution in [0.2, 0.25) is 5.02 Å². The number of hydrogen-bond acceptors (Lipinski definition) is 3. The lowest BCUT2D eigenvalue weighted by atomic mass is 10.2. The van der Waals surface area contributed by atoms with Crippen molar-refractivity contribution in [2.24, 2.45) is 5.73 Å². The van der Waals surface area contributed by atoms with Gasteiger partial charge in [0.05, 0.1) is 16.8 Å². The molecule has 4 nitrogen and oxygen atoms in total. The van der Waals surface area contributed by atoms with Crippen LogP contribution in [0.25, 0.3) is 0 Å². The van der Waals surface area contributed by atoms with Crippen molar-refractivity contribution in [1.82, 2.24) is 0 Å². The van der Waals surface area contributed by atoms with Gasteiger partial charge in [0.15, 0.2) is 0 Å². The van der Waals surface area contributed by atoms with E-state index in [2.05, 4.69) is 5.32 Å². The van der Waals surface area contributed by atoms with E-state index in [4.69, 9.17) is 34.3 Å². The van der Waals surface area contributed by atoms with E-state index in [1.165, 1.54) is 0 Å². The number of benzene rings is 1. The van der Waals surface area contributed by atoms with Crippen molar-refractivity contribution in [3.05, 3.63) is 28.8 Å². The highest BCUT2D eigenvalue weighted by molar-refractivity contribution is 7.80. The zero-order chi connectivity index (χ0) is 13.7. The Hall–Kier alpha value is -1.17. The van der Waals surface area contributed by atoms with Crippen LogP contribution in [0.3, 0.4) is 0 Å². The van der Waals surface area contributed by atoms with Crippen molar-refractivity contribution in [2.75, 3.05) is 11.9 Å². The number of carbonyl (C=O) groups is 1. The van der Waals surface area contributed by atoms with Gasteiger partial charge in [-0.3, -0.25) is 4.79 Å². The van der Waals surface area contributed by atoms with E-state index in [9.17, 15) is 4.79 Å². The summed E-state index contributed by atoms with van der Waals surface area (Å²) < 4.78 is 5.19. The van der Waals surface area contributed by atoms with Crippen LogP contribution in [0.4, 0.5) is 5.69 Å². The third-order valence-corrected chi connectivity index (χ3v) is 2.64. The van der Waals surface area contributed by atoms with Gasteiger partial charge in [-0.25, -0.2) is 0 Å². The van der Waals surface area contributed by atoms with Crippen molar-refractivity contribution >= 4 is 40.4 Å². The largest absolute Gasteiger partial charge is 0.389 e. The van der Waals surface area contributed by atoms with Gasteiger partial charge in [0, 0.05) is 5.56 Å².